The molecule has 0 bridgehead atoms. The average molecular weight is 205 g/mol. The third kappa shape index (κ3) is 2.32. The highest BCUT2D eigenvalue weighted by atomic mass is 17.0. The number of carboxylic acids is 1. The summed E-state index contributed by atoms with van der Waals surface area (Å²) >= 11 is 0. The molecule has 3 atom stereocenters. The quantitative estimate of drug-likeness (QED) is 0.515. The van der Waals surface area contributed by atoms with Crippen molar-refractivity contribution in [1.82, 2.24) is 0 Å². The standard InChI is InChI=1S/C7H11NO6/c1-13-5-2-4(7(9)10)3-6(5)14-8(11)12/h4-6H,2-3H2,1H3,(H,9,10)/t4-,5+,6+/m1/s1. The monoisotopic (exact) mass is 205 g/mol. The molecule has 0 saturated heterocycles. The van der Waals surface area contributed by atoms with E-state index >= 15 is 0 Å². The van der Waals surface area contributed by atoms with Crippen molar-refractivity contribution in [3.05, 3.63) is 10.1 Å². The molecule has 0 aliphatic heterocycles. The molecule has 1 aliphatic rings. The normalized spacial score (nSPS) is 31.4. The summed E-state index contributed by atoms with van der Waals surface area (Å²) < 4.78 is 4.91. The zero-order valence-corrected chi connectivity index (χ0v) is 7.58. The molecule has 0 heterocycles. The predicted octanol–water partition coefficient (Wildman–Crippen LogP) is 0.0729. The number of aliphatic carboxylic acids is 1. The van der Waals surface area contributed by atoms with E-state index in [0.717, 1.165) is 0 Å². The number of rotatable bonds is 4. The largest absolute Gasteiger partial charge is 0.481 e. The maximum absolute atomic E-state index is 10.6. The van der Waals surface area contributed by atoms with Gasteiger partial charge in [0.1, 0.15) is 6.10 Å². The van der Waals surface area contributed by atoms with Crippen LogP contribution in [0.1, 0.15) is 12.8 Å². The van der Waals surface area contributed by atoms with E-state index in [9.17, 15) is 14.9 Å². The highest BCUT2D eigenvalue weighted by Crippen LogP contribution is 2.30. The first-order valence-electron chi connectivity index (χ1n) is 4.11. The SMILES string of the molecule is CO[C@H]1C[C@@H](C(=O)O)C[C@@H]1O[N+](=O)[O-]. The summed E-state index contributed by atoms with van der Waals surface area (Å²) in [7, 11) is 1.38. The maximum atomic E-state index is 10.6. The van der Waals surface area contributed by atoms with Crippen molar-refractivity contribution in [2.75, 3.05) is 7.11 Å². The van der Waals surface area contributed by atoms with Gasteiger partial charge in [0.05, 0.1) is 12.0 Å². The molecule has 7 heteroatoms. The third-order valence-electron chi connectivity index (χ3n) is 2.32. The minimum atomic E-state index is -0.971. The Hall–Kier alpha value is -1.37. The lowest BCUT2D eigenvalue weighted by Crippen LogP contribution is -2.27. The molecule has 14 heavy (non-hydrogen) atoms. The Morgan fingerprint density at radius 2 is 2.07 bits per heavy atom. The topological polar surface area (TPSA) is 98.9 Å². The van der Waals surface area contributed by atoms with Crippen LogP contribution in [0.5, 0.6) is 0 Å². The molecule has 0 aromatic carbocycles. The smallest absolute Gasteiger partial charge is 0.306 e. The van der Waals surface area contributed by atoms with E-state index in [1.54, 1.807) is 0 Å². The lowest BCUT2D eigenvalue weighted by Gasteiger charge is -2.14. The van der Waals surface area contributed by atoms with Crippen LogP contribution in [0.4, 0.5) is 0 Å². The number of methoxy groups -OCH3 is 1. The molecule has 1 rings (SSSR count). The minimum absolute atomic E-state index is 0.120. The summed E-state index contributed by atoms with van der Waals surface area (Å²) in [6.07, 6.45) is -0.906. The van der Waals surface area contributed by atoms with Crippen LogP contribution in [0, 0.1) is 16.0 Å². The lowest BCUT2D eigenvalue weighted by atomic mass is 10.1. The number of hydrogen-bond donors (Lipinski definition) is 1. The van der Waals surface area contributed by atoms with Gasteiger partial charge in [-0.25, -0.2) is 0 Å². The molecule has 7 nitrogen and oxygen atoms in total. The summed E-state index contributed by atoms with van der Waals surface area (Å²) in [4.78, 5) is 25.0. The van der Waals surface area contributed by atoms with Crippen molar-refractivity contribution in [2.45, 2.75) is 25.0 Å². The molecular weight excluding hydrogens is 194 g/mol. The van der Waals surface area contributed by atoms with Gasteiger partial charge in [-0.2, -0.15) is 0 Å². The van der Waals surface area contributed by atoms with Crippen LogP contribution in [0.3, 0.4) is 0 Å². The second-order valence-electron chi connectivity index (χ2n) is 3.15. The predicted molar refractivity (Wildman–Crippen MR) is 43.0 cm³/mol. The molecule has 0 amide bonds. The average Bonchev–Trinajstić information content (AvgIpc) is 2.46. The van der Waals surface area contributed by atoms with Crippen molar-refractivity contribution in [3.8, 4) is 0 Å². The molecule has 1 saturated carbocycles. The van der Waals surface area contributed by atoms with Gasteiger partial charge in [-0.3, -0.25) is 4.79 Å². The van der Waals surface area contributed by atoms with Crippen molar-refractivity contribution in [3.63, 3.8) is 0 Å². The van der Waals surface area contributed by atoms with E-state index < -0.39 is 29.2 Å². The van der Waals surface area contributed by atoms with Gasteiger partial charge < -0.3 is 14.7 Å². The molecular formula is C7H11NO6. The fourth-order valence-corrected chi connectivity index (χ4v) is 1.63. The third-order valence-corrected chi connectivity index (χ3v) is 2.32. The summed E-state index contributed by atoms with van der Waals surface area (Å²) in [6, 6.07) is 0. The van der Waals surface area contributed by atoms with Crippen LogP contribution in [-0.2, 0) is 14.4 Å². The number of nitrogens with zero attached hydrogens (tertiary/aromatic N) is 1. The Bertz CT molecular complexity index is 242. The van der Waals surface area contributed by atoms with E-state index in [2.05, 4.69) is 4.84 Å². The Kier molecular flexibility index (Phi) is 3.23. The Balaban J connectivity index is 2.57. The Morgan fingerprint density at radius 3 is 2.50 bits per heavy atom. The van der Waals surface area contributed by atoms with Crippen molar-refractivity contribution in [1.29, 1.82) is 0 Å². The Morgan fingerprint density at radius 1 is 1.50 bits per heavy atom. The first-order chi connectivity index (χ1) is 6.54. The Labute approximate surface area is 79.7 Å². The lowest BCUT2D eigenvalue weighted by molar-refractivity contribution is -0.770. The van der Waals surface area contributed by atoms with Crippen molar-refractivity contribution >= 4 is 5.97 Å². The highest BCUT2D eigenvalue weighted by Gasteiger charge is 2.40. The van der Waals surface area contributed by atoms with Gasteiger partial charge in [0.15, 0.2) is 0 Å². The first-order valence-corrected chi connectivity index (χ1v) is 4.11. The van der Waals surface area contributed by atoms with Gasteiger partial charge in [-0.15, -0.1) is 10.1 Å². The first kappa shape index (κ1) is 10.7. The summed E-state index contributed by atoms with van der Waals surface area (Å²) in [5.41, 5.74) is 0. The van der Waals surface area contributed by atoms with Crippen LogP contribution in [0.15, 0.2) is 0 Å². The molecule has 0 aromatic rings. The zero-order valence-electron chi connectivity index (χ0n) is 7.58. The van der Waals surface area contributed by atoms with Gasteiger partial charge in [-0.1, -0.05) is 0 Å². The van der Waals surface area contributed by atoms with Crippen LogP contribution < -0.4 is 0 Å². The fourth-order valence-electron chi connectivity index (χ4n) is 1.63. The van der Waals surface area contributed by atoms with E-state index in [-0.39, 0.29) is 12.8 Å². The molecule has 80 valence electrons. The summed E-state index contributed by atoms with van der Waals surface area (Å²) in [6.45, 7) is 0. The van der Waals surface area contributed by atoms with Gasteiger partial charge in [0, 0.05) is 7.11 Å². The highest BCUT2D eigenvalue weighted by molar-refractivity contribution is 5.70. The maximum Gasteiger partial charge on any atom is 0.306 e. The molecule has 0 spiro atoms. The molecule has 0 radical (unpaired) electrons. The van der Waals surface area contributed by atoms with E-state index in [1.165, 1.54) is 7.11 Å². The van der Waals surface area contributed by atoms with Gasteiger partial charge in [0.25, 0.3) is 5.09 Å². The van der Waals surface area contributed by atoms with Crippen LogP contribution in [-0.4, -0.2) is 35.5 Å². The number of hydrogen-bond acceptors (Lipinski definition) is 5. The van der Waals surface area contributed by atoms with Crippen LogP contribution >= 0.6 is 0 Å². The van der Waals surface area contributed by atoms with Gasteiger partial charge >= 0.3 is 5.97 Å². The van der Waals surface area contributed by atoms with Crippen molar-refractivity contribution in [2.24, 2.45) is 5.92 Å². The number of carboxylic acid groups (broad SMARTS) is 1. The zero-order chi connectivity index (χ0) is 10.7. The fraction of sp³-hybridized carbons (Fsp3) is 0.857. The van der Waals surface area contributed by atoms with Gasteiger partial charge in [0.2, 0.25) is 0 Å². The molecule has 1 aliphatic carbocycles. The van der Waals surface area contributed by atoms with Crippen molar-refractivity contribution < 1.29 is 24.6 Å². The second-order valence-corrected chi connectivity index (χ2v) is 3.15. The van der Waals surface area contributed by atoms with E-state index in [1.807, 2.05) is 0 Å². The van der Waals surface area contributed by atoms with Crippen LogP contribution in [0.2, 0.25) is 0 Å². The second kappa shape index (κ2) is 4.23. The van der Waals surface area contributed by atoms with E-state index in [0.29, 0.717) is 0 Å². The summed E-state index contributed by atoms with van der Waals surface area (Å²) in [5.74, 6) is -1.59. The molecule has 1 fully saturated rings. The minimum Gasteiger partial charge on any atom is -0.481 e. The van der Waals surface area contributed by atoms with Gasteiger partial charge in [-0.05, 0) is 12.8 Å². The summed E-state index contributed by atoms with van der Waals surface area (Å²) in [5, 5.41) is 17.9. The molecule has 1 N–H and O–H groups in total. The number of carbonyl (C=O) groups is 1. The number of ether oxygens (including phenoxy) is 1. The molecule has 0 unspecified atom stereocenters. The van der Waals surface area contributed by atoms with E-state index in [4.69, 9.17) is 9.84 Å². The van der Waals surface area contributed by atoms with Crippen LogP contribution in [0.25, 0.3) is 0 Å². The molecule has 0 aromatic heterocycles.